The van der Waals surface area contributed by atoms with Crippen molar-refractivity contribution < 1.29 is 18.4 Å². The molecule has 1 aromatic carbocycles. The van der Waals surface area contributed by atoms with E-state index in [9.17, 15) is 9.18 Å². The van der Waals surface area contributed by atoms with Gasteiger partial charge >= 0.3 is 0 Å². The molecule has 1 saturated heterocycles. The van der Waals surface area contributed by atoms with Crippen LogP contribution in [0.3, 0.4) is 0 Å². The maximum absolute atomic E-state index is 12.9. The molecule has 110 valence electrons. The fourth-order valence-electron chi connectivity index (χ4n) is 2.40. The SMILES string of the molecule is O=C(NC1(c2ncon2)CCOCC1)c1ccc(F)cc1. The summed E-state index contributed by atoms with van der Waals surface area (Å²) < 4.78 is 23.1. The Balaban J connectivity index is 1.85. The highest BCUT2D eigenvalue weighted by Gasteiger charge is 2.40. The first-order valence-electron chi connectivity index (χ1n) is 6.62. The number of halogens is 1. The fraction of sp³-hybridized carbons (Fsp3) is 0.357. The third kappa shape index (κ3) is 2.78. The van der Waals surface area contributed by atoms with Gasteiger partial charge in [-0.15, -0.1) is 0 Å². The Bertz CT molecular complexity index is 607. The van der Waals surface area contributed by atoms with Crippen LogP contribution >= 0.6 is 0 Å². The van der Waals surface area contributed by atoms with Crippen molar-refractivity contribution in [1.29, 1.82) is 0 Å². The molecule has 0 radical (unpaired) electrons. The molecule has 1 aliphatic rings. The summed E-state index contributed by atoms with van der Waals surface area (Å²) >= 11 is 0. The molecule has 0 saturated carbocycles. The van der Waals surface area contributed by atoms with Gasteiger partial charge in [0.25, 0.3) is 5.91 Å². The normalized spacial score (nSPS) is 17.4. The number of ether oxygens (including phenoxy) is 1. The van der Waals surface area contributed by atoms with Gasteiger partial charge in [0.05, 0.1) is 0 Å². The predicted octanol–water partition coefficient (Wildman–Crippen LogP) is 1.64. The predicted molar refractivity (Wildman–Crippen MR) is 69.9 cm³/mol. The van der Waals surface area contributed by atoms with Gasteiger partial charge in [-0.05, 0) is 24.3 Å². The Hall–Kier alpha value is -2.28. The Morgan fingerprint density at radius 1 is 1.24 bits per heavy atom. The second kappa shape index (κ2) is 5.61. The van der Waals surface area contributed by atoms with E-state index in [1.807, 2.05) is 0 Å². The van der Waals surface area contributed by atoms with E-state index in [0.29, 0.717) is 37.4 Å². The molecule has 1 aliphatic heterocycles. The summed E-state index contributed by atoms with van der Waals surface area (Å²) in [5.74, 6) is -0.256. The van der Waals surface area contributed by atoms with Crippen molar-refractivity contribution in [3.63, 3.8) is 0 Å². The van der Waals surface area contributed by atoms with E-state index < -0.39 is 5.54 Å². The molecule has 2 aromatic rings. The second-order valence-corrected chi connectivity index (χ2v) is 4.91. The van der Waals surface area contributed by atoms with Gasteiger partial charge < -0.3 is 14.6 Å². The summed E-state index contributed by atoms with van der Waals surface area (Å²) in [5, 5.41) is 6.80. The number of hydrogen-bond acceptors (Lipinski definition) is 5. The van der Waals surface area contributed by atoms with Crippen LogP contribution in [0.1, 0.15) is 29.0 Å². The van der Waals surface area contributed by atoms with Crippen molar-refractivity contribution in [2.24, 2.45) is 0 Å². The molecule has 6 nitrogen and oxygen atoms in total. The zero-order valence-electron chi connectivity index (χ0n) is 11.2. The van der Waals surface area contributed by atoms with E-state index in [4.69, 9.17) is 9.26 Å². The maximum atomic E-state index is 12.9. The lowest BCUT2D eigenvalue weighted by Crippen LogP contribution is -2.50. The Labute approximate surface area is 120 Å². The van der Waals surface area contributed by atoms with Gasteiger partial charge in [-0.25, -0.2) is 4.39 Å². The van der Waals surface area contributed by atoms with Crippen LogP contribution in [0, 0.1) is 5.82 Å². The van der Waals surface area contributed by atoms with Gasteiger partial charge in [0.1, 0.15) is 11.4 Å². The lowest BCUT2D eigenvalue weighted by molar-refractivity contribution is 0.0306. The molecule has 7 heteroatoms. The monoisotopic (exact) mass is 291 g/mol. The topological polar surface area (TPSA) is 77.3 Å². The Kier molecular flexibility index (Phi) is 3.66. The van der Waals surface area contributed by atoms with Crippen molar-refractivity contribution in [3.8, 4) is 0 Å². The number of amides is 1. The van der Waals surface area contributed by atoms with Crippen LogP contribution < -0.4 is 5.32 Å². The molecule has 1 aromatic heterocycles. The van der Waals surface area contributed by atoms with Gasteiger partial charge in [0, 0.05) is 31.6 Å². The number of benzene rings is 1. The molecule has 0 aliphatic carbocycles. The highest BCUT2D eigenvalue weighted by Crippen LogP contribution is 2.30. The third-order valence-corrected chi connectivity index (χ3v) is 3.59. The highest BCUT2D eigenvalue weighted by molar-refractivity contribution is 5.94. The van der Waals surface area contributed by atoms with Crippen molar-refractivity contribution >= 4 is 5.91 Å². The summed E-state index contributed by atoms with van der Waals surface area (Å²) in [6.45, 7) is 0.997. The Morgan fingerprint density at radius 3 is 2.57 bits per heavy atom. The summed E-state index contributed by atoms with van der Waals surface area (Å²) in [7, 11) is 0. The average Bonchev–Trinajstić information content (AvgIpc) is 3.04. The summed E-state index contributed by atoms with van der Waals surface area (Å²) in [6.07, 6.45) is 2.34. The van der Waals surface area contributed by atoms with Crippen molar-refractivity contribution in [2.45, 2.75) is 18.4 Å². The summed E-state index contributed by atoms with van der Waals surface area (Å²) in [5.41, 5.74) is -0.331. The molecule has 0 unspecified atom stereocenters. The molecular formula is C14H14FN3O3. The van der Waals surface area contributed by atoms with Gasteiger partial charge in [0.15, 0.2) is 5.82 Å². The maximum Gasteiger partial charge on any atom is 0.252 e. The number of rotatable bonds is 3. The minimum atomic E-state index is -0.712. The van der Waals surface area contributed by atoms with Crippen LogP contribution in [0.5, 0.6) is 0 Å². The van der Waals surface area contributed by atoms with E-state index in [1.54, 1.807) is 0 Å². The number of aromatic nitrogens is 2. The minimum absolute atomic E-state index is 0.304. The molecule has 1 N–H and O–H groups in total. The third-order valence-electron chi connectivity index (χ3n) is 3.59. The van der Waals surface area contributed by atoms with Gasteiger partial charge in [-0.2, -0.15) is 4.98 Å². The van der Waals surface area contributed by atoms with Gasteiger partial charge in [-0.1, -0.05) is 5.16 Å². The lowest BCUT2D eigenvalue weighted by atomic mass is 9.88. The van der Waals surface area contributed by atoms with Crippen molar-refractivity contribution in [1.82, 2.24) is 15.5 Å². The molecule has 1 amide bonds. The van der Waals surface area contributed by atoms with E-state index in [2.05, 4.69) is 15.5 Å². The zero-order chi connectivity index (χ0) is 14.7. The molecule has 0 atom stereocenters. The van der Waals surface area contributed by atoms with Gasteiger partial charge in [0.2, 0.25) is 6.39 Å². The van der Waals surface area contributed by atoms with Crippen molar-refractivity contribution in [3.05, 3.63) is 47.9 Å². The smallest absolute Gasteiger partial charge is 0.252 e. The minimum Gasteiger partial charge on any atom is -0.381 e. The molecule has 21 heavy (non-hydrogen) atoms. The first-order chi connectivity index (χ1) is 10.2. The zero-order valence-corrected chi connectivity index (χ0v) is 11.2. The molecule has 3 rings (SSSR count). The molecule has 2 heterocycles. The fourth-order valence-corrected chi connectivity index (χ4v) is 2.40. The average molecular weight is 291 g/mol. The number of carbonyl (C=O) groups excluding carboxylic acids is 1. The number of carbonyl (C=O) groups is 1. The molecular weight excluding hydrogens is 277 g/mol. The summed E-state index contributed by atoms with van der Waals surface area (Å²) in [4.78, 5) is 16.4. The van der Waals surface area contributed by atoms with Crippen LogP contribution in [0.25, 0.3) is 0 Å². The van der Waals surface area contributed by atoms with E-state index in [1.165, 1.54) is 30.7 Å². The van der Waals surface area contributed by atoms with Crippen LogP contribution in [0.2, 0.25) is 0 Å². The second-order valence-electron chi connectivity index (χ2n) is 4.91. The number of nitrogens with one attached hydrogen (secondary N) is 1. The van der Waals surface area contributed by atoms with E-state index >= 15 is 0 Å². The first kappa shape index (κ1) is 13.7. The summed E-state index contributed by atoms with van der Waals surface area (Å²) in [6, 6.07) is 5.38. The first-order valence-corrected chi connectivity index (χ1v) is 6.62. The molecule has 1 fully saturated rings. The molecule has 0 bridgehead atoms. The lowest BCUT2D eigenvalue weighted by Gasteiger charge is -2.35. The molecule has 0 spiro atoms. The number of hydrogen-bond donors (Lipinski definition) is 1. The Morgan fingerprint density at radius 2 is 1.95 bits per heavy atom. The van der Waals surface area contributed by atoms with Crippen molar-refractivity contribution in [2.75, 3.05) is 13.2 Å². The quantitative estimate of drug-likeness (QED) is 0.930. The van der Waals surface area contributed by atoms with Crippen LogP contribution in [-0.2, 0) is 10.3 Å². The van der Waals surface area contributed by atoms with Crippen LogP contribution in [0.4, 0.5) is 4.39 Å². The number of nitrogens with zero attached hydrogens (tertiary/aromatic N) is 2. The van der Waals surface area contributed by atoms with Gasteiger partial charge in [-0.3, -0.25) is 4.79 Å². The van der Waals surface area contributed by atoms with Crippen LogP contribution in [-0.4, -0.2) is 29.3 Å². The standard InChI is InChI=1S/C14H14FN3O3/c15-11-3-1-10(2-4-11)12(19)17-14(5-7-20-8-6-14)13-16-9-21-18-13/h1-4,9H,5-8H2,(H,17,19). The van der Waals surface area contributed by atoms with Crippen LogP contribution in [0.15, 0.2) is 35.2 Å². The largest absolute Gasteiger partial charge is 0.381 e. The van der Waals surface area contributed by atoms with E-state index in [-0.39, 0.29) is 11.7 Å². The highest BCUT2D eigenvalue weighted by atomic mass is 19.1. The van der Waals surface area contributed by atoms with E-state index in [0.717, 1.165) is 0 Å².